The minimum atomic E-state index is -0.379. The van der Waals surface area contributed by atoms with E-state index in [0.717, 1.165) is 6.04 Å². The Bertz CT molecular complexity index is 362. The third kappa shape index (κ3) is 1.37. The summed E-state index contributed by atoms with van der Waals surface area (Å²) < 4.78 is 12.7. The Morgan fingerprint density at radius 2 is 2.27 bits per heavy atom. The quantitative estimate of drug-likeness (QED) is 0.655. The first-order valence-corrected chi connectivity index (χ1v) is 5.59. The number of fused-ring (bicyclic) bond motifs is 2. The molecule has 2 fully saturated rings. The van der Waals surface area contributed by atoms with Gasteiger partial charge in [-0.05, 0) is 37.9 Å². The van der Waals surface area contributed by atoms with Crippen LogP contribution in [0.3, 0.4) is 0 Å². The fourth-order valence-electron chi connectivity index (χ4n) is 3.23. The molecule has 0 radical (unpaired) electrons. The van der Waals surface area contributed by atoms with E-state index in [2.05, 4.69) is 16.9 Å². The summed E-state index contributed by atoms with van der Waals surface area (Å²) in [5, 5.41) is 0. The van der Waals surface area contributed by atoms with E-state index < -0.39 is 0 Å². The van der Waals surface area contributed by atoms with Gasteiger partial charge in [-0.3, -0.25) is 4.90 Å². The highest BCUT2D eigenvalue weighted by Gasteiger charge is 2.44. The van der Waals surface area contributed by atoms with Gasteiger partial charge in [0.2, 0.25) is 5.95 Å². The maximum atomic E-state index is 12.7. The highest BCUT2D eigenvalue weighted by atomic mass is 19.1. The lowest BCUT2D eigenvalue weighted by atomic mass is 9.85. The van der Waals surface area contributed by atoms with E-state index in [9.17, 15) is 4.39 Å². The molecule has 0 spiro atoms. The van der Waals surface area contributed by atoms with Gasteiger partial charge in [0.25, 0.3) is 0 Å². The molecule has 1 aromatic heterocycles. The summed E-state index contributed by atoms with van der Waals surface area (Å²) in [6.07, 6.45) is 5.53. The lowest BCUT2D eigenvalue weighted by Crippen LogP contribution is -2.25. The maximum absolute atomic E-state index is 12.7. The van der Waals surface area contributed by atoms with Crippen LogP contribution in [0.4, 0.5) is 4.39 Å². The van der Waals surface area contributed by atoms with Crippen LogP contribution < -0.4 is 0 Å². The summed E-state index contributed by atoms with van der Waals surface area (Å²) in [7, 11) is 2.21. The second-order valence-corrected chi connectivity index (χ2v) is 4.72. The van der Waals surface area contributed by atoms with E-state index in [4.69, 9.17) is 0 Å². The van der Waals surface area contributed by atoms with Crippen LogP contribution in [0.25, 0.3) is 0 Å². The first-order chi connectivity index (χ1) is 7.25. The molecule has 2 saturated heterocycles. The third-order valence-electron chi connectivity index (χ3n) is 4.06. The molecule has 80 valence electrons. The number of hydrogen-bond donors (Lipinski definition) is 0. The molecule has 2 nitrogen and oxygen atoms in total. The molecule has 15 heavy (non-hydrogen) atoms. The lowest BCUT2D eigenvalue weighted by Gasteiger charge is -2.21. The number of rotatable bonds is 1. The Morgan fingerprint density at radius 3 is 2.80 bits per heavy atom. The van der Waals surface area contributed by atoms with E-state index in [1.807, 2.05) is 6.07 Å². The van der Waals surface area contributed by atoms with Crippen LogP contribution in [0.2, 0.25) is 0 Å². The summed E-state index contributed by atoms with van der Waals surface area (Å²) in [6, 6.07) is 4.76. The van der Waals surface area contributed by atoms with Crippen LogP contribution in [-0.4, -0.2) is 29.0 Å². The van der Waals surface area contributed by atoms with Gasteiger partial charge in [-0.25, -0.2) is 4.98 Å². The molecule has 0 aromatic carbocycles. The monoisotopic (exact) mass is 206 g/mol. The van der Waals surface area contributed by atoms with Crippen LogP contribution in [0.15, 0.2) is 18.3 Å². The number of aromatic nitrogens is 1. The zero-order chi connectivity index (χ0) is 10.4. The third-order valence-corrected chi connectivity index (χ3v) is 4.06. The van der Waals surface area contributed by atoms with Crippen LogP contribution in [0, 0.1) is 5.95 Å². The van der Waals surface area contributed by atoms with Crippen molar-refractivity contribution in [1.29, 1.82) is 0 Å². The molecule has 0 unspecified atom stereocenters. The zero-order valence-corrected chi connectivity index (χ0v) is 8.86. The second kappa shape index (κ2) is 3.27. The normalized spacial score (nSPS) is 34.9. The first-order valence-electron chi connectivity index (χ1n) is 5.59. The average molecular weight is 206 g/mol. The molecule has 0 saturated carbocycles. The van der Waals surface area contributed by atoms with Crippen molar-refractivity contribution < 1.29 is 4.39 Å². The molecular weight excluding hydrogens is 191 g/mol. The Labute approximate surface area is 89.1 Å². The van der Waals surface area contributed by atoms with Gasteiger partial charge in [0.05, 0.1) is 0 Å². The van der Waals surface area contributed by atoms with Crippen molar-refractivity contribution in [2.75, 3.05) is 7.05 Å². The van der Waals surface area contributed by atoms with Gasteiger partial charge >= 0.3 is 0 Å². The average Bonchev–Trinajstić information content (AvgIpc) is 2.75. The summed E-state index contributed by atoms with van der Waals surface area (Å²) in [5.74, 6) is 0.192. The zero-order valence-electron chi connectivity index (χ0n) is 8.86. The molecule has 3 heteroatoms. The van der Waals surface area contributed by atoms with Gasteiger partial charge in [-0.1, -0.05) is 6.07 Å². The fraction of sp³-hybridized carbons (Fsp3) is 0.583. The summed E-state index contributed by atoms with van der Waals surface area (Å²) in [6.45, 7) is 0. The molecular formula is C12H15FN2. The maximum Gasteiger partial charge on any atom is 0.212 e. The van der Waals surface area contributed by atoms with Gasteiger partial charge in [0, 0.05) is 24.2 Å². The molecule has 2 aliphatic heterocycles. The summed E-state index contributed by atoms with van der Waals surface area (Å²) >= 11 is 0. The SMILES string of the molecule is CN1[C@H]2CC[C@@H]1[C@@H](c1ccc(F)nc1)C2. The first kappa shape index (κ1) is 9.28. The molecule has 0 aliphatic carbocycles. The van der Waals surface area contributed by atoms with Crippen molar-refractivity contribution in [3.63, 3.8) is 0 Å². The standard InChI is InChI=1S/C12H15FN2/c1-15-9-3-4-11(15)10(6-9)8-2-5-12(13)14-7-8/h2,5,7,9-11H,3-4,6H2,1H3/t9-,10+,11+/m0/s1. The molecule has 0 amide bonds. The van der Waals surface area contributed by atoms with Gasteiger partial charge in [-0.2, -0.15) is 4.39 Å². The Morgan fingerprint density at radius 1 is 1.40 bits per heavy atom. The Balaban J connectivity index is 1.87. The minimum absolute atomic E-state index is 0.379. The number of hydrogen-bond acceptors (Lipinski definition) is 2. The molecule has 0 N–H and O–H groups in total. The molecule has 3 atom stereocenters. The van der Waals surface area contributed by atoms with Crippen molar-refractivity contribution in [2.24, 2.45) is 0 Å². The van der Waals surface area contributed by atoms with Gasteiger partial charge < -0.3 is 0 Å². The highest BCUT2D eigenvalue weighted by molar-refractivity contribution is 5.22. The highest BCUT2D eigenvalue weighted by Crippen LogP contribution is 2.45. The van der Waals surface area contributed by atoms with Crippen LogP contribution in [0.5, 0.6) is 0 Å². The number of nitrogens with zero attached hydrogens (tertiary/aromatic N) is 2. The van der Waals surface area contributed by atoms with Gasteiger partial charge in [0.1, 0.15) is 0 Å². The molecule has 1 aromatic rings. The predicted octanol–water partition coefficient (Wildman–Crippen LogP) is 2.17. The number of halogens is 1. The van der Waals surface area contributed by atoms with Crippen molar-refractivity contribution in [1.82, 2.24) is 9.88 Å². The van der Waals surface area contributed by atoms with Crippen LogP contribution in [0.1, 0.15) is 30.7 Å². The van der Waals surface area contributed by atoms with Crippen molar-refractivity contribution in [2.45, 2.75) is 37.3 Å². The Hall–Kier alpha value is -0.960. The van der Waals surface area contributed by atoms with Crippen LogP contribution in [-0.2, 0) is 0 Å². The van der Waals surface area contributed by atoms with Gasteiger partial charge in [-0.15, -0.1) is 0 Å². The Kier molecular flexibility index (Phi) is 2.02. The van der Waals surface area contributed by atoms with Gasteiger partial charge in [0.15, 0.2) is 0 Å². The molecule has 2 aliphatic rings. The fourth-order valence-corrected chi connectivity index (χ4v) is 3.23. The van der Waals surface area contributed by atoms with Crippen LogP contribution >= 0.6 is 0 Å². The number of likely N-dealkylation sites (N-methyl/N-ethyl adjacent to an activating group) is 1. The van der Waals surface area contributed by atoms with E-state index in [1.165, 1.54) is 30.9 Å². The minimum Gasteiger partial charge on any atom is -0.300 e. The van der Waals surface area contributed by atoms with Crippen molar-refractivity contribution in [3.05, 3.63) is 29.8 Å². The van der Waals surface area contributed by atoms with Crippen molar-refractivity contribution >= 4 is 0 Å². The molecule has 3 heterocycles. The molecule has 2 bridgehead atoms. The van der Waals surface area contributed by atoms with E-state index in [1.54, 1.807) is 6.20 Å². The topological polar surface area (TPSA) is 16.1 Å². The number of pyridine rings is 1. The lowest BCUT2D eigenvalue weighted by molar-refractivity contribution is 0.307. The van der Waals surface area contributed by atoms with E-state index in [-0.39, 0.29) is 5.95 Å². The summed E-state index contributed by atoms with van der Waals surface area (Å²) in [4.78, 5) is 6.23. The largest absolute Gasteiger partial charge is 0.300 e. The smallest absolute Gasteiger partial charge is 0.212 e. The second-order valence-electron chi connectivity index (χ2n) is 4.72. The molecule has 3 rings (SSSR count). The van der Waals surface area contributed by atoms with E-state index in [0.29, 0.717) is 12.0 Å². The predicted molar refractivity (Wildman–Crippen MR) is 56.1 cm³/mol. The van der Waals surface area contributed by atoms with E-state index >= 15 is 0 Å². The van der Waals surface area contributed by atoms with Crippen molar-refractivity contribution in [3.8, 4) is 0 Å². The summed E-state index contributed by atoms with van der Waals surface area (Å²) in [5.41, 5.74) is 1.20.